The average molecular weight is 306 g/mol. The minimum Gasteiger partial charge on any atom is -0.366 e. The highest BCUT2D eigenvalue weighted by Gasteiger charge is 2.24. The summed E-state index contributed by atoms with van der Waals surface area (Å²) in [7, 11) is 0. The van der Waals surface area contributed by atoms with Crippen LogP contribution in [0.15, 0.2) is 30.3 Å². The number of nitrogens with one attached hydrogen (secondary N) is 1. The molecule has 3 heterocycles. The number of anilines is 1. The molecule has 4 heteroatoms. The number of nitrogens with zero attached hydrogens (tertiary/aromatic N) is 3. The van der Waals surface area contributed by atoms with Gasteiger partial charge in [-0.15, -0.1) is 0 Å². The van der Waals surface area contributed by atoms with Crippen LogP contribution in [0, 0.1) is 6.92 Å². The molecule has 2 aromatic heterocycles. The van der Waals surface area contributed by atoms with Gasteiger partial charge in [-0.25, -0.2) is 0 Å². The fourth-order valence-corrected chi connectivity index (χ4v) is 3.55. The van der Waals surface area contributed by atoms with Gasteiger partial charge in [-0.3, -0.25) is 10.1 Å². The van der Waals surface area contributed by atoms with Crippen LogP contribution in [0.2, 0.25) is 0 Å². The van der Waals surface area contributed by atoms with Gasteiger partial charge in [0.1, 0.15) is 0 Å². The summed E-state index contributed by atoms with van der Waals surface area (Å²) in [6, 6.07) is 10.6. The van der Waals surface area contributed by atoms with Gasteiger partial charge in [0, 0.05) is 47.5 Å². The van der Waals surface area contributed by atoms with E-state index in [1.165, 1.54) is 28.0 Å². The van der Waals surface area contributed by atoms with E-state index in [0.29, 0.717) is 5.92 Å². The first kappa shape index (κ1) is 14.2. The molecule has 23 heavy (non-hydrogen) atoms. The molecule has 1 aliphatic heterocycles. The molecule has 3 aromatic rings. The Morgan fingerprint density at radius 3 is 2.87 bits per heavy atom. The van der Waals surface area contributed by atoms with E-state index in [9.17, 15) is 0 Å². The van der Waals surface area contributed by atoms with Crippen LogP contribution >= 0.6 is 0 Å². The second kappa shape index (κ2) is 5.37. The fourth-order valence-electron chi connectivity index (χ4n) is 3.55. The number of aromatic amines is 1. The van der Waals surface area contributed by atoms with Crippen molar-refractivity contribution in [3.05, 3.63) is 53.0 Å². The van der Waals surface area contributed by atoms with E-state index in [1.807, 2.05) is 0 Å². The maximum atomic E-state index is 4.67. The van der Waals surface area contributed by atoms with Crippen LogP contribution in [0.1, 0.15) is 42.4 Å². The van der Waals surface area contributed by atoms with Crippen molar-refractivity contribution in [3.8, 4) is 0 Å². The molecule has 0 bridgehead atoms. The summed E-state index contributed by atoms with van der Waals surface area (Å²) >= 11 is 0. The third-order valence-corrected chi connectivity index (χ3v) is 4.68. The molecule has 0 fully saturated rings. The van der Waals surface area contributed by atoms with E-state index in [1.54, 1.807) is 0 Å². The van der Waals surface area contributed by atoms with Gasteiger partial charge < -0.3 is 4.90 Å². The second-order valence-electron chi connectivity index (χ2n) is 6.69. The van der Waals surface area contributed by atoms with Gasteiger partial charge >= 0.3 is 0 Å². The maximum Gasteiger partial charge on any atom is 0.0726 e. The minimum atomic E-state index is 0.450. The van der Waals surface area contributed by atoms with Gasteiger partial charge in [0.2, 0.25) is 0 Å². The molecule has 0 radical (unpaired) electrons. The molecule has 1 aromatic carbocycles. The molecule has 0 saturated heterocycles. The Kier molecular flexibility index (Phi) is 3.33. The number of H-pyrrole nitrogens is 1. The van der Waals surface area contributed by atoms with Crippen molar-refractivity contribution in [3.63, 3.8) is 0 Å². The van der Waals surface area contributed by atoms with Crippen LogP contribution in [0.5, 0.6) is 0 Å². The van der Waals surface area contributed by atoms with Gasteiger partial charge in [0.25, 0.3) is 0 Å². The lowest BCUT2D eigenvalue weighted by atomic mass is 9.98. The molecule has 0 atom stereocenters. The third-order valence-electron chi connectivity index (χ3n) is 4.68. The molecule has 4 nitrogen and oxygen atoms in total. The summed E-state index contributed by atoms with van der Waals surface area (Å²) in [4.78, 5) is 7.14. The minimum absolute atomic E-state index is 0.450. The number of para-hydroxylation sites is 1. The van der Waals surface area contributed by atoms with E-state index in [4.69, 9.17) is 0 Å². The lowest BCUT2D eigenvalue weighted by Crippen LogP contribution is -2.31. The predicted octanol–water partition coefficient (Wildman–Crippen LogP) is 3.95. The summed E-state index contributed by atoms with van der Waals surface area (Å²) in [5.41, 5.74) is 7.32. The van der Waals surface area contributed by atoms with Gasteiger partial charge in [0.05, 0.1) is 11.2 Å². The molecule has 1 N–H and O–H groups in total. The molecular formula is C19H22N4. The number of pyridine rings is 1. The zero-order chi connectivity index (χ0) is 16.0. The lowest BCUT2D eigenvalue weighted by Gasteiger charge is -2.30. The van der Waals surface area contributed by atoms with Crippen molar-refractivity contribution < 1.29 is 0 Å². The Hall–Kier alpha value is -2.36. The van der Waals surface area contributed by atoms with Crippen molar-refractivity contribution in [2.24, 2.45) is 0 Å². The van der Waals surface area contributed by atoms with Crippen molar-refractivity contribution in [1.29, 1.82) is 0 Å². The number of aromatic nitrogens is 3. The fraction of sp³-hybridized carbons (Fsp3) is 0.368. The highest BCUT2D eigenvalue weighted by Crippen LogP contribution is 2.32. The molecule has 4 rings (SSSR count). The molecule has 1 aliphatic rings. The molecule has 0 amide bonds. The highest BCUT2D eigenvalue weighted by molar-refractivity contribution is 5.92. The number of aryl methyl sites for hydroxylation is 1. The highest BCUT2D eigenvalue weighted by atomic mass is 15.2. The van der Waals surface area contributed by atoms with Gasteiger partial charge in [-0.2, -0.15) is 5.10 Å². The maximum absolute atomic E-state index is 4.67. The van der Waals surface area contributed by atoms with Crippen LogP contribution in [-0.4, -0.2) is 21.7 Å². The van der Waals surface area contributed by atoms with Gasteiger partial charge in [-0.1, -0.05) is 32.0 Å². The van der Waals surface area contributed by atoms with E-state index in [-0.39, 0.29) is 0 Å². The monoisotopic (exact) mass is 306 g/mol. The van der Waals surface area contributed by atoms with Crippen LogP contribution in [0.25, 0.3) is 10.9 Å². The van der Waals surface area contributed by atoms with E-state index in [2.05, 4.69) is 71.2 Å². The van der Waals surface area contributed by atoms with Crippen LogP contribution in [0.3, 0.4) is 0 Å². The molecule has 0 saturated carbocycles. The second-order valence-corrected chi connectivity index (χ2v) is 6.69. The van der Waals surface area contributed by atoms with Crippen LogP contribution < -0.4 is 4.90 Å². The summed E-state index contributed by atoms with van der Waals surface area (Å²) in [6.45, 7) is 8.43. The van der Waals surface area contributed by atoms with Crippen molar-refractivity contribution >= 4 is 16.6 Å². The lowest BCUT2D eigenvalue weighted by molar-refractivity contribution is 0.712. The van der Waals surface area contributed by atoms with Crippen molar-refractivity contribution in [1.82, 2.24) is 15.2 Å². The smallest absolute Gasteiger partial charge is 0.0726 e. The Morgan fingerprint density at radius 2 is 2.04 bits per heavy atom. The number of fused-ring (bicyclic) bond motifs is 2. The largest absolute Gasteiger partial charge is 0.366 e. The molecule has 0 unspecified atom stereocenters. The first-order valence-electron chi connectivity index (χ1n) is 8.31. The topological polar surface area (TPSA) is 44.8 Å². The first-order chi connectivity index (χ1) is 11.1. The molecular weight excluding hydrogens is 284 g/mol. The Morgan fingerprint density at radius 1 is 1.22 bits per heavy atom. The Bertz CT molecular complexity index is 863. The van der Waals surface area contributed by atoms with Crippen LogP contribution in [-0.2, 0) is 13.0 Å². The zero-order valence-corrected chi connectivity index (χ0v) is 13.9. The van der Waals surface area contributed by atoms with Gasteiger partial charge in [-0.05, 0) is 25.0 Å². The zero-order valence-electron chi connectivity index (χ0n) is 13.9. The number of hydrogen-bond donors (Lipinski definition) is 1. The normalized spacial score (nSPS) is 14.5. The standard InChI is InChI=1S/C19H22N4/c1-12(2)19-15-11-23(9-8-17(15)21-22-19)18-10-13(3)20-16-7-5-4-6-14(16)18/h4-7,10,12H,8-9,11H2,1-3H3,(H,21,22). The summed E-state index contributed by atoms with van der Waals surface area (Å²) in [6.07, 6.45) is 1.02. The van der Waals surface area contributed by atoms with Crippen LogP contribution in [0.4, 0.5) is 5.69 Å². The quantitative estimate of drug-likeness (QED) is 0.779. The molecule has 118 valence electrons. The number of rotatable bonds is 2. The number of hydrogen-bond acceptors (Lipinski definition) is 3. The van der Waals surface area contributed by atoms with E-state index >= 15 is 0 Å². The SMILES string of the molecule is Cc1cc(N2CCc3[nH]nc(C(C)C)c3C2)c2ccccc2n1. The molecule has 0 aliphatic carbocycles. The van der Waals surface area contributed by atoms with Crippen molar-refractivity contribution in [2.45, 2.75) is 39.7 Å². The Labute approximate surface area is 136 Å². The molecule has 0 spiro atoms. The Balaban J connectivity index is 1.79. The average Bonchev–Trinajstić information content (AvgIpc) is 2.97. The summed E-state index contributed by atoms with van der Waals surface area (Å²) in [5.74, 6) is 0.450. The predicted molar refractivity (Wildman–Crippen MR) is 93.9 cm³/mol. The third kappa shape index (κ3) is 2.38. The first-order valence-corrected chi connectivity index (χ1v) is 8.31. The summed E-state index contributed by atoms with van der Waals surface area (Å²) < 4.78 is 0. The number of benzene rings is 1. The van der Waals surface area contributed by atoms with Crippen molar-refractivity contribution in [2.75, 3.05) is 11.4 Å². The van der Waals surface area contributed by atoms with Gasteiger partial charge in [0.15, 0.2) is 0 Å². The van der Waals surface area contributed by atoms with E-state index < -0.39 is 0 Å². The summed E-state index contributed by atoms with van der Waals surface area (Å²) in [5, 5.41) is 9.01. The van der Waals surface area contributed by atoms with E-state index in [0.717, 1.165) is 30.7 Å².